The summed E-state index contributed by atoms with van der Waals surface area (Å²) in [4.78, 5) is 0. The van der Waals surface area contributed by atoms with Crippen molar-refractivity contribution >= 4 is 10.8 Å². The van der Waals surface area contributed by atoms with Crippen LogP contribution in [0.5, 0.6) is 5.75 Å². The van der Waals surface area contributed by atoms with Gasteiger partial charge >= 0.3 is 5.51 Å². The Morgan fingerprint density at radius 2 is 2.00 bits per heavy atom. The molecule has 8 heteroatoms. The van der Waals surface area contributed by atoms with E-state index < -0.39 is 28.1 Å². The van der Waals surface area contributed by atoms with Crippen molar-refractivity contribution in [2.75, 3.05) is 19.4 Å². The first-order valence-corrected chi connectivity index (χ1v) is 6.92. The number of alkyl halides is 3. The van der Waals surface area contributed by atoms with E-state index in [1.54, 1.807) is 24.3 Å². The van der Waals surface area contributed by atoms with Crippen LogP contribution in [0, 0.1) is 11.3 Å². The Morgan fingerprint density at radius 3 is 2.45 bits per heavy atom. The molecule has 0 aliphatic carbocycles. The van der Waals surface area contributed by atoms with Crippen LogP contribution in [0.3, 0.4) is 0 Å². The molecule has 0 aliphatic heterocycles. The molecule has 0 aromatic heterocycles. The fourth-order valence-corrected chi connectivity index (χ4v) is 1.98. The number of hydrogen-bond donors (Lipinski definition) is 1. The fourth-order valence-electron chi connectivity index (χ4n) is 1.45. The number of nitrogens with zero attached hydrogens (tertiary/aromatic N) is 1. The predicted molar refractivity (Wildman–Crippen MR) is 68.4 cm³/mol. The summed E-state index contributed by atoms with van der Waals surface area (Å²) in [6.45, 7) is -0.170. The van der Waals surface area contributed by atoms with Crippen LogP contribution in [0.4, 0.5) is 13.2 Å². The molecule has 1 aromatic carbocycles. The molecule has 0 amide bonds. The summed E-state index contributed by atoms with van der Waals surface area (Å²) in [5.41, 5.74) is -4.12. The van der Waals surface area contributed by atoms with Crippen molar-refractivity contribution in [3.8, 4) is 11.8 Å². The molecule has 2 unspecified atom stereocenters. The molecule has 110 valence electrons. The molecule has 0 radical (unpaired) electrons. The molecule has 1 aromatic rings. The molecule has 2 atom stereocenters. The Kier molecular flexibility index (Phi) is 5.98. The van der Waals surface area contributed by atoms with E-state index in [9.17, 15) is 17.4 Å². The number of methoxy groups -OCH3 is 1. The van der Waals surface area contributed by atoms with Crippen LogP contribution in [0.25, 0.3) is 0 Å². The van der Waals surface area contributed by atoms with Gasteiger partial charge in [-0.05, 0) is 17.7 Å². The first-order chi connectivity index (χ1) is 9.38. The molecule has 0 spiro atoms. The molecular formula is C12H13F3N2O2S. The molecule has 20 heavy (non-hydrogen) atoms. The average Bonchev–Trinajstić information content (AvgIpc) is 2.42. The Morgan fingerprint density at radius 1 is 1.40 bits per heavy atom. The lowest BCUT2D eigenvalue weighted by atomic mass is 10.1. The number of ether oxygens (including phenoxy) is 1. The molecule has 1 N–H and O–H groups in total. The van der Waals surface area contributed by atoms with Gasteiger partial charge in [-0.15, -0.1) is 0 Å². The van der Waals surface area contributed by atoms with Gasteiger partial charge in [0, 0.05) is 12.3 Å². The van der Waals surface area contributed by atoms with Gasteiger partial charge in [0.1, 0.15) is 22.6 Å². The number of nitrogens with one attached hydrogen (secondary N) is 1. The molecule has 0 fully saturated rings. The van der Waals surface area contributed by atoms with E-state index >= 15 is 0 Å². The highest BCUT2D eigenvalue weighted by molar-refractivity contribution is 7.85. The van der Waals surface area contributed by atoms with E-state index in [2.05, 4.69) is 5.32 Å². The van der Waals surface area contributed by atoms with Crippen LogP contribution < -0.4 is 10.1 Å². The molecule has 0 bridgehead atoms. The highest BCUT2D eigenvalue weighted by Gasteiger charge is 2.36. The fraction of sp³-hybridized carbons (Fsp3) is 0.417. The standard InChI is InChI=1S/C12H13F3N2O2S/c1-19-10-4-2-9(3-5-10)11(8-16)17-6-7-20(18)12(13,14)15/h2-5,11,17H,6-7H2,1H3. The van der Waals surface area contributed by atoms with Crippen LogP contribution in [-0.2, 0) is 10.8 Å². The van der Waals surface area contributed by atoms with Gasteiger partial charge in [-0.1, -0.05) is 12.1 Å². The first kappa shape index (κ1) is 16.5. The lowest BCUT2D eigenvalue weighted by Gasteiger charge is -2.12. The van der Waals surface area contributed by atoms with Crippen molar-refractivity contribution in [1.29, 1.82) is 5.26 Å². The maximum Gasteiger partial charge on any atom is 0.471 e. The van der Waals surface area contributed by atoms with Crippen molar-refractivity contribution < 1.29 is 22.1 Å². The molecular weight excluding hydrogens is 293 g/mol. The van der Waals surface area contributed by atoms with Crippen molar-refractivity contribution in [1.82, 2.24) is 5.32 Å². The topological polar surface area (TPSA) is 62.1 Å². The molecule has 1 rings (SSSR count). The number of rotatable bonds is 6. The normalized spacial score (nSPS) is 14.3. The van der Waals surface area contributed by atoms with E-state index in [-0.39, 0.29) is 6.54 Å². The predicted octanol–water partition coefficient (Wildman–Crippen LogP) is 2.12. The van der Waals surface area contributed by atoms with Crippen molar-refractivity contribution in [2.24, 2.45) is 0 Å². The minimum absolute atomic E-state index is 0.170. The zero-order valence-electron chi connectivity index (χ0n) is 10.6. The zero-order valence-corrected chi connectivity index (χ0v) is 11.4. The van der Waals surface area contributed by atoms with Gasteiger partial charge in [-0.2, -0.15) is 18.4 Å². The van der Waals surface area contributed by atoms with Crippen molar-refractivity contribution in [3.63, 3.8) is 0 Å². The molecule has 0 saturated carbocycles. The summed E-state index contributed by atoms with van der Waals surface area (Å²) in [6, 6.07) is 7.75. The summed E-state index contributed by atoms with van der Waals surface area (Å²) in [7, 11) is -1.41. The zero-order chi connectivity index (χ0) is 15.2. The van der Waals surface area contributed by atoms with Gasteiger partial charge in [0.2, 0.25) is 0 Å². The Bertz CT molecular complexity index is 497. The summed E-state index contributed by atoms with van der Waals surface area (Å²) in [6.07, 6.45) is 0. The van der Waals surface area contributed by atoms with Gasteiger partial charge in [0.25, 0.3) is 0 Å². The Balaban J connectivity index is 2.56. The lowest BCUT2D eigenvalue weighted by molar-refractivity contribution is -0.0384. The summed E-state index contributed by atoms with van der Waals surface area (Å²) in [5, 5.41) is 11.6. The SMILES string of the molecule is COc1ccc(C(C#N)NCCS(=O)C(F)(F)F)cc1. The second kappa shape index (κ2) is 7.26. The molecule has 0 heterocycles. The summed E-state index contributed by atoms with van der Waals surface area (Å²) < 4.78 is 51.9. The second-order valence-electron chi connectivity index (χ2n) is 3.78. The minimum atomic E-state index is -4.72. The van der Waals surface area contributed by atoms with E-state index in [1.807, 2.05) is 6.07 Å². The number of halogens is 3. The molecule has 0 aliphatic rings. The molecule has 4 nitrogen and oxygen atoms in total. The van der Waals surface area contributed by atoms with Crippen LogP contribution in [0.2, 0.25) is 0 Å². The minimum Gasteiger partial charge on any atom is -0.497 e. The maximum atomic E-state index is 12.1. The summed E-state index contributed by atoms with van der Waals surface area (Å²) in [5.74, 6) is 0.0290. The van der Waals surface area contributed by atoms with Gasteiger partial charge in [-0.3, -0.25) is 9.53 Å². The number of benzene rings is 1. The average molecular weight is 306 g/mol. The van der Waals surface area contributed by atoms with Gasteiger partial charge < -0.3 is 4.74 Å². The third kappa shape index (κ3) is 4.83. The van der Waals surface area contributed by atoms with Crippen LogP contribution in [0.1, 0.15) is 11.6 Å². The van der Waals surface area contributed by atoms with E-state index in [1.165, 1.54) is 7.11 Å². The third-order valence-corrected chi connectivity index (χ3v) is 3.56. The van der Waals surface area contributed by atoms with Crippen molar-refractivity contribution in [2.45, 2.75) is 11.6 Å². The van der Waals surface area contributed by atoms with Crippen molar-refractivity contribution in [3.05, 3.63) is 29.8 Å². The van der Waals surface area contributed by atoms with E-state index in [4.69, 9.17) is 10.00 Å². The Hall–Kier alpha value is -1.59. The summed E-state index contributed by atoms with van der Waals surface area (Å²) >= 11 is 0. The van der Waals surface area contributed by atoms with Crippen LogP contribution in [-0.4, -0.2) is 29.1 Å². The largest absolute Gasteiger partial charge is 0.497 e. The van der Waals surface area contributed by atoms with Gasteiger partial charge in [0.15, 0.2) is 0 Å². The lowest BCUT2D eigenvalue weighted by Crippen LogP contribution is -2.29. The van der Waals surface area contributed by atoms with Gasteiger partial charge in [0.05, 0.1) is 13.2 Å². The van der Waals surface area contributed by atoms with E-state index in [0.717, 1.165) is 0 Å². The Labute approximate surface area is 117 Å². The van der Waals surface area contributed by atoms with Crippen LogP contribution in [0.15, 0.2) is 24.3 Å². The monoisotopic (exact) mass is 306 g/mol. The third-order valence-electron chi connectivity index (χ3n) is 2.47. The quantitative estimate of drug-likeness (QED) is 0.874. The number of nitriles is 1. The smallest absolute Gasteiger partial charge is 0.471 e. The second-order valence-corrected chi connectivity index (χ2v) is 5.35. The van der Waals surface area contributed by atoms with Gasteiger partial charge in [-0.25, -0.2) is 0 Å². The first-order valence-electron chi connectivity index (χ1n) is 5.60. The van der Waals surface area contributed by atoms with E-state index in [0.29, 0.717) is 11.3 Å². The number of hydrogen-bond acceptors (Lipinski definition) is 4. The highest BCUT2D eigenvalue weighted by Crippen LogP contribution is 2.20. The maximum absolute atomic E-state index is 12.1. The molecule has 0 saturated heterocycles. The highest BCUT2D eigenvalue weighted by atomic mass is 32.2. The van der Waals surface area contributed by atoms with Crippen LogP contribution >= 0.6 is 0 Å².